The summed E-state index contributed by atoms with van der Waals surface area (Å²) in [5.41, 5.74) is 0.840. The van der Waals surface area contributed by atoms with Gasteiger partial charge in [-0.1, -0.05) is 22.9 Å². The third kappa shape index (κ3) is 4.41. The van der Waals surface area contributed by atoms with Crippen molar-refractivity contribution < 1.29 is 19.0 Å². The van der Waals surface area contributed by atoms with E-state index < -0.39 is 12.1 Å². The normalized spacial score (nSPS) is 12.0. The van der Waals surface area contributed by atoms with Crippen LogP contribution in [0, 0.1) is 0 Å². The Morgan fingerprint density at radius 1 is 1.20 bits per heavy atom. The highest BCUT2D eigenvalue weighted by molar-refractivity contribution is 7.20. The Kier molecular flexibility index (Phi) is 5.40. The minimum Gasteiger partial charge on any atom is -0.479 e. The summed E-state index contributed by atoms with van der Waals surface area (Å²) in [5, 5.41) is 1.20. The van der Waals surface area contributed by atoms with Crippen molar-refractivity contribution in [2.45, 2.75) is 20.0 Å². The second kappa shape index (κ2) is 7.72. The molecule has 1 aromatic heterocycles. The van der Waals surface area contributed by atoms with Crippen molar-refractivity contribution in [2.75, 3.05) is 6.61 Å². The van der Waals surface area contributed by atoms with E-state index in [2.05, 4.69) is 4.98 Å². The summed E-state index contributed by atoms with van der Waals surface area (Å²) in [6, 6.07) is 12.5. The van der Waals surface area contributed by atoms with Crippen molar-refractivity contribution in [3.8, 4) is 16.7 Å². The van der Waals surface area contributed by atoms with Gasteiger partial charge in [-0.15, -0.1) is 0 Å². The molecule has 1 unspecified atom stereocenters. The monoisotopic (exact) mass is 377 g/mol. The minimum absolute atomic E-state index is 0.326. The Labute approximate surface area is 154 Å². The molecule has 0 fully saturated rings. The maximum Gasteiger partial charge on any atom is 0.347 e. The molecule has 0 aliphatic rings. The summed E-state index contributed by atoms with van der Waals surface area (Å²) in [4.78, 5) is 16.0. The average Bonchev–Trinajstić information content (AvgIpc) is 2.98. The molecule has 130 valence electrons. The standard InChI is InChI=1S/C18H16ClNO4S/c1-3-22-17(21)11(2)23-13-5-7-14(8-6-13)24-18-20-15-9-4-12(19)10-16(15)25-18/h4-11H,3H2,1-2H3. The van der Waals surface area contributed by atoms with Crippen LogP contribution < -0.4 is 9.47 Å². The van der Waals surface area contributed by atoms with Crippen molar-refractivity contribution in [3.05, 3.63) is 47.5 Å². The number of thiazole rings is 1. The Balaban J connectivity index is 1.66. The average molecular weight is 378 g/mol. The van der Waals surface area contributed by atoms with E-state index in [1.54, 1.807) is 44.2 Å². The van der Waals surface area contributed by atoms with Gasteiger partial charge in [-0.25, -0.2) is 9.78 Å². The first-order valence-corrected chi connectivity index (χ1v) is 8.92. The van der Waals surface area contributed by atoms with Crippen LogP contribution in [-0.4, -0.2) is 23.7 Å². The van der Waals surface area contributed by atoms with E-state index in [9.17, 15) is 4.79 Å². The molecule has 2 aromatic carbocycles. The third-order valence-electron chi connectivity index (χ3n) is 3.29. The Hall–Kier alpha value is -2.31. The number of fused-ring (bicyclic) bond motifs is 1. The van der Waals surface area contributed by atoms with Gasteiger partial charge in [-0.05, 0) is 56.3 Å². The van der Waals surface area contributed by atoms with Gasteiger partial charge in [-0.2, -0.15) is 0 Å². The van der Waals surface area contributed by atoms with Crippen molar-refractivity contribution >= 4 is 39.1 Å². The van der Waals surface area contributed by atoms with E-state index in [1.165, 1.54) is 11.3 Å². The first-order chi connectivity index (χ1) is 12.0. The second-order valence-corrected chi connectivity index (χ2v) is 6.61. The highest BCUT2D eigenvalue weighted by atomic mass is 35.5. The number of rotatable bonds is 6. The second-order valence-electron chi connectivity index (χ2n) is 5.18. The largest absolute Gasteiger partial charge is 0.479 e. The number of benzene rings is 2. The number of halogens is 1. The molecular weight excluding hydrogens is 362 g/mol. The molecule has 0 bridgehead atoms. The molecule has 0 saturated carbocycles. The molecule has 0 N–H and O–H groups in total. The van der Waals surface area contributed by atoms with E-state index in [1.807, 2.05) is 12.1 Å². The van der Waals surface area contributed by atoms with Gasteiger partial charge < -0.3 is 14.2 Å². The minimum atomic E-state index is -0.666. The fourth-order valence-electron chi connectivity index (χ4n) is 2.12. The quantitative estimate of drug-likeness (QED) is 0.561. The van der Waals surface area contributed by atoms with Gasteiger partial charge in [-0.3, -0.25) is 0 Å². The van der Waals surface area contributed by atoms with Crippen LogP contribution in [0.15, 0.2) is 42.5 Å². The zero-order valence-electron chi connectivity index (χ0n) is 13.7. The Morgan fingerprint density at radius 3 is 2.64 bits per heavy atom. The van der Waals surface area contributed by atoms with E-state index in [0.29, 0.717) is 28.3 Å². The highest BCUT2D eigenvalue weighted by Gasteiger charge is 2.15. The molecule has 0 saturated heterocycles. The predicted molar refractivity (Wildman–Crippen MR) is 97.9 cm³/mol. The molecule has 3 aromatic rings. The number of hydrogen-bond acceptors (Lipinski definition) is 6. The van der Waals surface area contributed by atoms with Crippen LogP contribution in [0.2, 0.25) is 5.02 Å². The third-order valence-corrected chi connectivity index (χ3v) is 4.42. The van der Waals surface area contributed by atoms with Crippen molar-refractivity contribution in [2.24, 2.45) is 0 Å². The van der Waals surface area contributed by atoms with Crippen LogP contribution in [0.1, 0.15) is 13.8 Å². The van der Waals surface area contributed by atoms with Gasteiger partial charge in [0.05, 0.1) is 16.8 Å². The predicted octanol–water partition coefficient (Wildman–Crippen LogP) is 5.07. The number of nitrogens with zero attached hydrogens (tertiary/aromatic N) is 1. The van der Waals surface area contributed by atoms with Gasteiger partial charge in [0.15, 0.2) is 6.10 Å². The van der Waals surface area contributed by atoms with Crippen LogP contribution in [-0.2, 0) is 9.53 Å². The number of aromatic nitrogens is 1. The Bertz CT molecular complexity index is 878. The lowest BCUT2D eigenvalue weighted by molar-refractivity contribution is -0.150. The van der Waals surface area contributed by atoms with E-state index in [-0.39, 0.29) is 0 Å². The lowest BCUT2D eigenvalue weighted by Crippen LogP contribution is -2.25. The molecule has 0 spiro atoms. The van der Waals surface area contributed by atoms with Gasteiger partial charge >= 0.3 is 5.97 Å². The lowest BCUT2D eigenvalue weighted by Gasteiger charge is -2.13. The van der Waals surface area contributed by atoms with Crippen molar-refractivity contribution in [3.63, 3.8) is 0 Å². The zero-order valence-corrected chi connectivity index (χ0v) is 15.3. The fraction of sp³-hybridized carbons (Fsp3) is 0.222. The molecule has 0 aliphatic carbocycles. The molecule has 1 heterocycles. The van der Waals surface area contributed by atoms with Gasteiger partial charge in [0, 0.05) is 5.02 Å². The van der Waals surface area contributed by atoms with Crippen LogP contribution in [0.5, 0.6) is 16.7 Å². The molecule has 3 rings (SSSR count). The summed E-state index contributed by atoms with van der Waals surface area (Å²) in [6.07, 6.45) is -0.666. The number of ether oxygens (including phenoxy) is 3. The summed E-state index contributed by atoms with van der Waals surface area (Å²) in [5.74, 6) is 0.793. The maximum absolute atomic E-state index is 11.6. The van der Waals surface area contributed by atoms with Crippen LogP contribution in [0.25, 0.3) is 10.2 Å². The van der Waals surface area contributed by atoms with E-state index in [4.69, 9.17) is 25.8 Å². The van der Waals surface area contributed by atoms with Crippen LogP contribution >= 0.6 is 22.9 Å². The summed E-state index contributed by atoms with van der Waals surface area (Å²) >= 11 is 7.40. The number of esters is 1. The molecule has 0 radical (unpaired) electrons. The maximum atomic E-state index is 11.6. The first kappa shape index (κ1) is 17.5. The number of hydrogen-bond donors (Lipinski definition) is 0. The number of carbonyl (C=O) groups excluding carboxylic acids is 1. The molecular formula is C18H16ClNO4S. The Morgan fingerprint density at radius 2 is 1.92 bits per heavy atom. The smallest absolute Gasteiger partial charge is 0.347 e. The first-order valence-electron chi connectivity index (χ1n) is 7.72. The molecule has 7 heteroatoms. The molecule has 5 nitrogen and oxygen atoms in total. The lowest BCUT2D eigenvalue weighted by atomic mass is 10.3. The van der Waals surface area contributed by atoms with Gasteiger partial charge in [0.2, 0.25) is 0 Å². The highest BCUT2D eigenvalue weighted by Crippen LogP contribution is 2.33. The molecule has 0 amide bonds. The number of carbonyl (C=O) groups is 1. The van der Waals surface area contributed by atoms with Crippen molar-refractivity contribution in [1.82, 2.24) is 4.98 Å². The topological polar surface area (TPSA) is 57.7 Å². The van der Waals surface area contributed by atoms with Gasteiger partial charge in [0.25, 0.3) is 5.19 Å². The summed E-state index contributed by atoms with van der Waals surface area (Å²) in [6.45, 7) is 3.73. The summed E-state index contributed by atoms with van der Waals surface area (Å²) in [7, 11) is 0. The van der Waals surface area contributed by atoms with Crippen LogP contribution in [0.4, 0.5) is 0 Å². The molecule has 1 atom stereocenters. The SMILES string of the molecule is CCOC(=O)C(C)Oc1ccc(Oc2nc3ccc(Cl)cc3s2)cc1. The van der Waals surface area contributed by atoms with E-state index in [0.717, 1.165) is 10.2 Å². The molecule has 25 heavy (non-hydrogen) atoms. The van der Waals surface area contributed by atoms with Crippen molar-refractivity contribution in [1.29, 1.82) is 0 Å². The zero-order chi connectivity index (χ0) is 17.8. The molecule has 0 aliphatic heterocycles. The van der Waals surface area contributed by atoms with E-state index >= 15 is 0 Å². The fourth-order valence-corrected chi connectivity index (χ4v) is 3.23. The van der Waals surface area contributed by atoms with Gasteiger partial charge in [0.1, 0.15) is 11.5 Å². The van der Waals surface area contributed by atoms with Crippen LogP contribution in [0.3, 0.4) is 0 Å². The summed E-state index contributed by atoms with van der Waals surface area (Å²) < 4.78 is 17.2.